The van der Waals surface area contributed by atoms with E-state index >= 15 is 0 Å². The molecule has 0 fully saturated rings. The summed E-state index contributed by atoms with van der Waals surface area (Å²) >= 11 is 4.91. The molecule has 2 N–H and O–H groups in total. The highest BCUT2D eigenvalue weighted by Gasteiger charge is 1.98. The maximum Gasteiger partial charge on any atom is 0.277 e. The molecule has 1 rings (SSSR count). The molecule has 0 aliphatic heterocycles. The molecule has 0 aliphatic carbocycles. The Bertz CT molecular complexity index is 356. The zero-order valence-corrected chi connectivity index (χ0v) is 7.18. The fraction of sp³-hybridized carbons (Fsp3) is 0.333. The molecule has 0 radical (unpaired) electrons. The van der Waals surface area contributed by atoms with E-state index in [2.05, 4.69) is 0 Å². The Labute approximate surface area is 68.9 Å². The van der Waals surface area contributed by atoms with Gasteiger partial charge in [-0.05, 0) is 12.2 Å². The van der Waals surface area contributed by atoms with Crippen molar-refractivity contribution in [3.05, 3.63) is 21.3 Å². The van der Waals surface area contributed by atoms with Crippen LogP contribution in [0.4, 0.5) is 5.69 Å². The molecule has 11 heavy (non-hydrogen) atoms. The van der Waals surface area contributed by atoms with Crippen molar-refractivity contribution in [3.63, 3.8) is 0 Å². The number of anilines is 1. The van der Waals surface area contributed by atoms with Crippen LogP contribution in [-0.2, 0) is 14.1 Å². The van der Waals surface area contributed by atoms with Crippen LogP contribution in [0.25, 0.3) is 0 Å². The largest absolute Gasteiger partial charge is 0.393 e. The Morgan fingerprint density at radius 2 is 2.09 bits per heavy atom. The highest BCUT2D eigenvalue weighted by Crippen LogP contribution is 1.91. The first-order valence-corrected chi connectivity index (χ1v) is 3.47. The van der Waals surface area contributed by atoms with Crippen LogP contribution >= 0.6 is 12.2 Å². The van der Waals surface area contributed by atoms with Gasteiger partial charge in [-0.3, -0.25) is 9.36 Å². The Balaban J connectivity index is 3.74. The third kappa shape index (κ3) is 1.19. The highest BCUT2D eigenvalue weighted by atomic mass is 32.1. The molecule has 0 saturated carbocycles. The molecule has 1 heterocycles. The van der Waals surface area contributed by atoms with Gasteiger partial charge in [-0.15, -0.1) is 0 Å². The van der Waals surface area contributed by atoms with Crippen molar-refractivity contribution in [2.45, 2.75) is 0 Å². The summed E-state index contributed by atoms with van der Waals surface area (Å²) in [7, 11) is 3.35. The van der Waals surface area contributed by atoms with Crippen LogP contribution in [0, 0.1) is 4.77 Å². The fourth-order valence-corrected chi connectivity index (χ4v) is 0.972. The van der Waals surface area contributed by atoms with Gasteiger partial charge in [-0.25, -0.2) is 0 Å². The van der Waals surface area contributed by atoms with Crippen LogP contribution in [0.2, 0.25) is 0 Å². The summed E-state index contributed by atoms with van der Waals surface area (Å²) in [6.07, 6.45) is 1.52. The van der Waals surface area contributed by atoms with Crippen molar-refractivity contribution in [1.82, 2.24) is 9.13 Å². The predicted octanol–water partition coefficient (Wildman–Crippen LogP) is 0.0355. The summed E-state index contributed by atoms with van der Waals surface area (Å²) < 4.78 is 3.43. The van der Waals surface area contributed by atoms with E-state index in [0.717, 1.165) is 0 Å². The lowest BCUT2D eigenvalue weighted by Gasteiger charge is -2.03. The number of rotatable bonds is 0. The summed E-state index contributed by atoms with van der Waals surface area (Å²) in [6, 6.07) is 0. The minimum absolute atomic E-state index is 0.212. The monoisotopic (exact) mass is 171 g/mol. The first-order chi connectivity index (χ1) is 5.04. The Hall–Kier alpha value is -1.10. The molecule has 60 valence electrons. The molecule has 0 aliphatic rings. The molecule has 1 aromatic heterocycles. The van der Waals surface area contributed by atoms with E-state index in [1.165, 1.54) is 10.8 Å². The second-order valence-electron chi connectivity index (χ2n) is 2.34. The van der Waals surface area contributed by atoms with Gasteiger partial charge in [0.05, 0.1) is 0 Å². The molecule has 0 amide bonds. The first-order valence-electron chi connectivity index (χ1n) is 3.06. The summed E-state index contributed by atoms with van der Waals surface area (Å²) in [5.41, 5.74) is 5.36. The number of nitrogen functional groups attached to an aromatic ring is 1. The summed E-state index contributed by atoms with van der Waals surface area (Å²) in [5, 5.41) is 0. The van der Waals surface area contributed by atoms with Gasteiger partial charge in [-0.2, -0.15) is 0 Å². The van der Waals surface area contributed by atoms with Crippen LogP contribution in [0.15, 0.2) is 11.0 Å². The average molecular weight is 171 g/mol. The molecule has 4 nitrogen and oxygen atoms in total. The Morgan fingerprint density at radius 3 is 2.64 bits per heavy atom. The van der Waals surface area contributed by atoms with Crippen LogP contribution in [0.3, 0.4) is 0 Å². The lowest BCUT2D eigenvalue weighted by Crippen LogP contribution is -2.23. The zero-order valence-electron chi connectivity index (χ0n) is 6.37. The molecule has 0 aromatic carbocycles. The normalized spacial score (nSPS) is 10.0. The molecule has 1 aromatic rings. The molecular weight excluding hydrogens is 162 g/mol. The van der Waals surface area contributed by atoms with E-state index < -0.39 is 0 Å². The van der Waals surface area contributed by atoms with Crippen molar-refractivity contribution in [2.75, 3.05) is 5.73 Å². The van der Waals surface area contributed by atoms with Crippen LogP contribution in [0.5, 0.6) is 0 Å². The number of hydrogen-bond acceptors (Lipinski definition) is 3. The second kappa shape index (κ2) is 2.50. The first kappa shape index (κ1) is 8.00. The van der Waals surface area contributed by atoms with Crippen molar-refractivity contribution in [3.8, 4) is 0 Å². The molecule has 0 unspecified atom stereocenters. The van der Waals surface area contributed by atoms with Gasteiger partial charge >= 0.3 is 0 Å². The number of hydrogen-bond donors (Lipinski definition) is 1. The van der Waals surface area contributed by atoms with Gasteiger partial charge in [0, 0.05) is 20.3 Å². The van der Waals surface area contributed by atoms with Crippen LogP contribution in [-0.4, -0.2) is 9.13 Å². The van der Waals surface area contributed by atoms with E-state index in [1.54, 1.807) is 18.7 Å². The van der Waals surface area contributed by atoms with Crippen molar-refractivity contribution < 1.29 is 0 Å². The number of nitrogens with zero attached hydrogens (tertiary/aromatic N) is 2. The van der Waals surface area contributed by atoms with Crippen molar-refractivity contribution in [2.24, 2.45) is 14.1 Å². The predicted molar refractivity (Wildman–Crippen MR) is 45.9 cm³/mol. The molecular formula is C6H9N3OS. The fourth-order valence-electron chi connectivity index (χ4n) is 0.836. The van der Waals surface area contributed by atoms with E-state index in [0.29, 0.717) is 4.77 Å². The van der Waals surface area contributed by atoms with Gasteiger partial charge < -0.3 is 10.3 Å². The summed E-state index contributed by atoms with van der Waals surface area (Å²) in [5.74, 6) is 0. The zero-order chi connectivity index (χ0) is 8.59. The molecule has 5 heteroatoms. The van der Waals surface area contributed by atoms with Crippen molar-refractivity contribution in [1.29, 1.82) is 0 Å². The van der Waals surface area contributed by atoms with Gasteiger partial charge in [0.15, 0.2) is 4.77 Å². The van der Waals surface area contributed by atoms with Gasteiger partial charge in [-0.1, -0.05) is 0 Å². The lowest BCUT2D eigenvalue weighted by atomic mass is 10.5. The quantitative estimate of drug-likeness (QED) is 0.560. The van der Waals surface area contributed by atoms with E-state index in [1.807, 2.05) is 0 Å². The Morgan fingerprint density at radius 1 is 1.55 bits per heavy atom. The van der Waals surface area contributed by atoms with E-state index in [4.69, 9.17) is 18.0 Å². The minimum atomic E-state index is -0.242. The topological polar surface area (TPSA) is 52.9 Å². The van der Waals surface area contributed by atoms with Crippen molar-refractivity contribution >= 4 is 17.9 Å². The van der Waals surface area contributed by atoms with Crippen LogP contribution in [0.1, 0.15) is 0 Å². The highest BCUT2D eigenvalue weighted by molar-refractivity contribution is 7.71. The maximum atomic E-state index is 11.1. The third-order valence-electron chi connectivity index (χ3n) is 1.47. The smallest absolute Gasteiger partial charge is 0.277 e. The number of nitrogens with two attached hydrogens (primary N) is 1. The molecule has 0 atom stereocenters. The third-order valence-corrected chi connectivity index (χ3v) is 2.03. The minimum Gasteiger partial charge on any atom is -0.393 e. The summed E-state index contributed by atoms with van der Waals surface area (Å²) in [4.78, 5) is 11.1. The second-order valence-corrected chi connectivity index (χ2v) is 2.71. The summed E-state index contributed by atoms with van der Waals surface area (Å²) in [6.45, 7) is 0. The SMILES string of the molecule is Cn1cc(N)c(=O)n(C)c1=S. The van der Waals surface area contributed by atoms with Gasteiger partial charge in [0.1, 0.15) is 5.69 Å². The van der Waals surface area contributed by atoms with Gasteiger partial charge in [0.2, 0.25) is 0 Å². The standard InChI is InChI=1S/C6H9N3OS/c1-8-3-4(7)5(10)9(2)6(8)11/h3H,7H2,1-2H3. The van der Waals surface area contributed by atoms with Crippen LogP contribution < -0.4 is 11.3 Å². The maximum absolute atomic E-state index is 11.1. The number of aromatic nitrogens is 2. The van der Waals surface area contributed by atoms with Gasteiger partial charge in [0.25, 0.3) is 5.56 Å². The van der Waals surface area contributed by atoms with E-state index in [-0.39, 0.29) is 11.2 Å². The lowest BCUT2D eigenvalue weighted by molar-refractivity contribution is 0.722. The average Bonchev–Trinajstić information content (AvgIpc) is 1.97. The molecule has 0 spiro atoms. The molecule has 0 bridgehead atoms. The number of aryl methyl sites for hydroxylation is 1. The van der Waals surface area contributed by atoms with E-state index in [9.17, 15) is 4.79 Å². The molecule has 0 saturated heterocycles. The Kier molecular flexibility index (Phi) is 1.82.